The number of nitrogens with one attached hydrogen (secondary N) is 2. The lowest BCUT2D eigenvalue weighted by molar-refractivity contribution is 0.520. The summed E-state index contributed by atoms with van der Waals surface area (Å²) in [5.74, 6) is 1.02. The van der Waals surface area contributed by atoms with Crippen molar-refractivity contribution in [3.63, 3.8) is 0 Å². The molecular weight excluding hydrogens is 314 g/mol. The van der Waals surface area contributed by atoms with Crippen molar-refractivity contribution in [2.75, 3.05) is 6.54 Å². The number of halogens is 1. The summed E-state index contributed by atoms with van der Waals surface area (Å²) >= 11 is 3.57. The second-order valence-corrected chi connectivity index (χ2v) is 6.34. The van der Waals surface area contributed by atoms with Crippen molar-refractivity contribution >= 4 is 32.7 Å². The van der Waals surface area contributed by atoms with Crippen LogP contribution in [0.4, 0.5) is 0 Å². The maximum absolute atomic E-state index is 4.44. The molecule has 1 unspecified atom stereocenters. The Bertz CT molecular complexity index is 727. The largest absolute Gasteiger partial charge is 0.362 e. The lowest BCUT2D eigenvalue weighted by atomic mass is 9.91. The third kappa shape index (κ3) is 1.99. The van der Waals surface area contributed by atoms with E-state index in [1.54, 1.807) is 0 Å². The summed E-state index contributed by atoms with van der Waals surface area (Å²) in [5.41, 5.74) is 4.04. The van der Waals surface area contributed by atoms with E-state index in [0.29, 0.717) is 6.04 Å². The van der Waals surface area contributed by atoms with E-state index in [4.69, 9.17) is 0 Å². The van der Waals surface area contributed by atoms with Gasteiger partial charge in [0.15, 0.2) is 0 Å². The second-order valence-electron chi connectivity index (χ2n) is 5.42. The van der Waals surface area contributed by atoms with Gasteiger partial charge in [-0.05, 0) is 49.1 Å². The number of aromatic nitrogens is 1. The van der Waals surface area contributed by atoms with Gasteiger partial charge in [0.05, 0.1) is 12.6 Å². The number of hydrogen-bond donors (Lipinski definition) is 2. The average molecular weight is 330 g/mol. The van der Waals surface area contributed by atoms with Crippen LogP contribution in [-0.4, -0.2) is 17.4 Å². The van der Waals surface area contributed by atoms with E-state index >= 15 is 0 Å². The highest BCUT2D eigenvalue weighted by Gasteiger charge is 2.24. The van der Waals surface area contributed by atoms with Gasteiger partial charge in [-0.1, -0.05) is 22.0 Å². The lowest BCUT2D eigenvalue weighted by Gasteiger charge is -2.24. The molecule has 0 fully saturated rings. The van der Waals surface area contributed by atoms with E-state index in [0.717, 1.165) is 29.7 Å². The molecule has 20 heavy (non-hydrogen) atoms. The van der Waals surface area contributed by atoms with Crippen LogP contribution in [0.3, 0.4) is 0 Å². The molecule has 4 heteroatoms. The SMILES string of the molecule is Brc1ccc2[nH]c3c(c2c1)CCCC3NC1=NCC=C1. The Morgan fingerprint density at radius 1 is 1.35 bits per heavy atom. The molecule has 1 aromatic heterocycles. The van der Waals surface area contributed by atoms with Crippen molar-refractivity contribution in [2.45, 2.75) is 25.3 Å². The molecule has 1 aliphatic carbocycles. The van der Waals surface area contributed by atoms with E-state index < -0.39 is 0 Å². The highest BCUT2D eigenvalue weighted by molar-refractivity contribution is 9.10. The van der Waals surface area contributed by atoms with Crippen LogP contribution < -0.4 is 5.32 Å². The summed E-state index contributed by atoms with van der Waals surface area (Å²) in [5, 5.41) is 4.92. The van der Waals surface area contributed by atoms with Crippen molar-refractivity contribution in [2.24, 2.45) is 4.99 Å². The predicted molar refractivity (Wildman–Crippen MR) is 86.3 cm³/mol. The van der Waals surface area contributed by atoms with E-state index in [9.17, 15) is 0 Å². The molecule has 1 aliphatic heterocycles. The Kier molecular flexibility index (Phi) is 2.91. The first-order valence-corrected chi connectivity index (χ1v) is 7.88. The molecule has 0 saturated heterocycles. The molecule has 2 N–H and O–H groups in total. The van der Waals surface area contributed by atoms with E-state index in [2.05, 4.69) is 61.6 Å². The third-order valence-corrected chi connectivity index (χ3v) is 4.63. The van der Waals surface area contributed by atoms with Crippen LogP contribution in [0.15, 0.2) is 39.8 Å². The van der Waals surface area contributed by atoms with Gasteiger partial charge in [-0.25, -0.2) is 0 Å². The van der Waals surface area contributed by atoms with Crippen LogP contribution in [0.2, 0.25) is 0 Å². The molecule has 2 heterocycles. The van der Waals surface area contributed by atoms with Crippen LogP contribution in [-0.2, 0) is 6.42 Å². The number of benzene rings is 1. The molecule has 0 amide bonds. The van der Waals surface area contributed by atoms with E-state index in [1.807, 2.05) is 0 Å². The van der Waals surface area contributed by atoms with Crippen LogP contribution in [0.25, 0.3) is 10.9 Å². The molecule has 0 saturated carbocycles. The van der Waals surface area contributed by atoms with Crippen LogP contribution in [0, 0.1) is 0 Å². The van der Waals surface area contributed by atoms with Crippen molar-refractivity contribution in [3.05, 3.63) is 46.1 Å². The van der Waals surface area contributed by atoms with Gasteiger partial charge < -0.3 is 10.3 Å². The molecule has 2 aliphatic rings. The number of nitrogens with zero attached hydrogens (tertiary/aromatic N) is 1. The maximum Gasteiger partial charge on any atom is 0.121 e. The first-order valence-electron chi connectivity index (χ1n) is 7.09. The van der Waals surface area contributed by atoms with E-state index in [-0.39, 0.29) is 0 Å². The Balaban J connectivity index is 1.76. The smallest absolute Gasteiger partial charge is 0.121 e. The van der Waals surface area contributed by atoms with Gasteiger partial charge in [0.1, 0.15) is 5.84 Å². The van der Waals surface area contributed by atoms with Gasteiger partial charge in [0.25, 0.3) is 0 Å². The van der Waals surface area contributed by atoms with Gasteiger partial charge in [-0.3, -0.25) is 4.99 Å². The summed E-state index contributed by atoms with van der Waals surface area (Å²) in [6.07, 6.45) is 7.71. The van der Waals surface area contributed by atoms with Gasteiger partial charge in [-0.15, -0.1) is 0 Å². The quantitative estimate of drug-likeness (QED) is 0.819. The minimum atomic E-state index is 0.353. The standard InChI is InChI=1S/C16H16BrN3/c17-10-6-7-13-12(9-10)11-3-1-4-14(16(11)20-13)19-15-5-2-8-18-15/h2,5-7,9,14,20H,1,3-4,8H2,(H,18,19). The first-order chi connectivity index (χ1) is 9.81. The molecule has 3 nitrogen and oxygen atoms in total. The van der Waals surface area contributed by atoms with Gasteiger partial charge in [0, 0.05) is 21.1 Å². The number of amidine groups is 1. The second kappa shape index (κ2) is 4.77. The monoisotopic (exact) mass is 329 g/mol. The molecule has 0 radical (unpaired) electrons. The Morgan fingerprint density at radius 2 is 2.30 bits per heavy atom. The zero-order valence-corrected chi connectivity index (χ0v) is 12.7. The van der Waals surface area contributed by atoms with Crippen LogP contribution in [0.5, 0.6) is 0 Å². The summed E-state index contributed by atoms with van der Waals surface area (Å²) in [7, 11) is 0. The molecule has 2 aromatic rings. The fraction of sp³-hybridized carbons (Fsp3) is 0.312. The van der Waals surface area contributed by atoms with Crippen molar-refractivity contribution in [1.82, 2.24) is 10.3 Å². The van der Waals surface area contributed by atoms with Crippen molar-refractivity contribution < 1.29 is 0 Å². The number of aryl methyl sites for hydroxylation is 1. The first kappa shape index (κ1) is 12.2. The number of H-pyrrole nitrogens is 1. The third-order valence-electron chi connectivity index (χ3n) is 4.13. The Labute approximate surface area is 126 Å². The summed E-state index contributed by atoms with van der Waals surface area (Å²) in [6, 6.07) is 6.82. The lowest BCUT2D eigenvalue weighted by Crippen LogP contribution is -2.29. The fourth-order valence-electron chi connectivity index (χ4n) is 3.22. The fourth-order valence-corrected chi connectivity index (χ4v) is 3.58. The molecule has 0 spiro atoms. The van der Waals surface area contributed by atoms with Gasteiger partial charge in [-0.2, -0.15) is 0 Å². The molecule has 102 valence electrons. The molecule has 4 rings (SSSR count). The zero-order chi connectivity index (χ0) is 13.5. The Morgan fingerprint density at radius 3 is 3.15 bits per heavy atom. The zero-order valence-electron chi connectivity index (χ0n) is 11.1. The number of rotatable bonds is 1. The minimum absolute atomic E-state index is 0.353. The minimum Gasteiger partial charge on any atom is -0.362 e. The number of aliphatic imine (C=N–C) groups is 1. The predicted octanol–water partition coefficient (Wildman–Crippen LogP) is 3.87. The topological polar surface area (TPSA) is 40.2 Å². The highest BCUT2D eigenvalue weighted by Crippen LogP contribution is 2.35. The Hall–Kier alpha value is -1.55. The van der Waals surface area contributed by atoms with Crippen molar-refractivity contribution in [3.8, 4) is 0 Å². The maximum atomic E-state index is 4.44. The number of hydrogen-bond acceptors (Lipinski definition) is 2. The van der Waals surface area contributed by atoms with E-state index in [1.165, 1.54) is 28.6 Å². The average Bonchev–Trinajstić information content (AvgIpc) is 3.07. The molecule has 1 atom stereocenters. The molecule has 0 bridgehead atoms. The summed E-state index contributed by atoms with van der Waals surface area (Å²) < 4.78 is 1.14. The summed E-state index contributed by atoms with van der Waals surface area (Å²) in [4.78, 5) is 8.05. The highest BCUT2D eigenvalue weighted by atomic mass is 79.9. The number of aromatic amines is 1. The van der Waals surface area contributed by atoms with Crippen LogP contribution in [0.1, 0.15) is 30.1 Å². The van der Waals surface area contributed by atoms with Gasteiger partial charge in [0.2, 0.25) is 0 Å². The molecular formula is C16H16BrN3. The number of fused-ring (bicyclic) bond motifs is 3. The van der Waals surface area contributed by atoms with Crippen LogP contribution >= 0.6 is 15.9 Å². The van der Waals surface area contributed by atoms with Gasteiger partial charge >= 0.3 is 0 Å². The molecule has 1 aromatic carbocycles. The normalized spacial score (nSPS) is 21.1. The van der Waals surface area contributed by atoms with Crippen molar-refractivity contribution in [1.29, 1.82) is 0 Å². The summed E-state index contributed by atoms with van der Waals surface area (Å²) in [6.45, 7) is 0.807.